The van der Waals surface area contributed by atoms with Gasteiger partial charge in [-0.05, 0) is 33.6 Å². The molecule has 110 valence electrons. The molecule has 0 saturated heterocycles. The van der Waals surface area contributed by atoms with E-state index in [0.29, 0.717) is 18.7 Å². The van der Waals surface area contributed by atoms with E-state index in [2.05, 4.69) is 20.2 Å². The van der Waals surface area contributed by atoms with Crippen molar-refractivity contribution in [2.45, 2.75) is 24.9 Å². The summed E-state index contributed by atoms with van der Waals surface area (Å²) in [7, 11) is 0.410. The Morgan fingerprint density at radius 1 is 1.42 bits per heavy atom. The van der Waals surface area contributed by atoms with Crippen molar-refractivity contribution < 1.29 is 8.42 Å². The normalized spacial score (nSPS) is 12.2. The van der Waals surface area contributed by atoms with E-state index in [1.54, 1.807) is 0 Å². The van der Waals surface area contributed by atoms with Crippen molar-refractivity contribution in [1.29, 1.82) is 0 Å². The number of rotatable bonds is 9. The third kappa shape index (κ3) is 5.27. The largest absolute Gasteiger partial charge is 0.313 e. The van der Waals surface area contributed by atoms with E-state index in [-0.39, 0.29) is 5.03 Å². The lowest BCUT2D eigenvalue weighted by molar-refractivity contribution is 0.400. The maximum Gasteiger partial charge on any atom is 0.257 e. The molecular weight excluding hydrogens is 266 g/mol. The predicted molar refractivity (Wildman–Crippen MR) is 74.3 cm³/mol. The van der Waals surface area contributed by atoms with Crippen LogP contribution in [0.5, 0.6) is 0 Å². The fraction of sp³-hybridized carbons (Fsp3) is 0.727. The van der Waals surface area contributed by atoms with Gasteiger partial charge in [0.05, 0.1) is 6.20 Å². The number of aromatic amines is 1. The molecule has 1 heterocycles. The first kappa shape index (κ1) is 16.1. The molecule has 0 bridgehead atoms. The number of sulfonamides is 1. The molecule has 0 unspecified atom stereocenters. The summed E-state index contributed by atoms with van der Waals surface area (Å²) in [5.74, 6) is 0. The van der Waals surface area contributed by atoms with Gasteiger partial charge in [0, 0.05) is 18.7 Å². The predicted octanol–water partition coefficient (Wildman–Crippen LogP) is -0.251. The zero-order valence-electron chi connectivity index (χ0n) is 11.7. The minimum atomic E-state index is -3.50. The van der Waals surface area contributed by atoms with Crippen LogP contribution in [-0.4, -0.2) is 57.2 Å². The molecule has 0 aliphatic rings. The van der Waals surface area contributed by atoms with E-state index in [9.17, 15) is 8.42 Å². The minimum Gasteiger partial charge on any atom is -0.313 e. The van der Waals surface area contributed by atoms with Gasteiger partial charge < -0.3 is 10.2 Å². The molecule has 0 aliphatic carbocycles. The fourth-order valence-corrected chi connectivity index (χ4v) is 2.79. The molecule has 3 N–H and O–H groups in total. The van der Waals surface area contributed by atoms with Gasteiger partial charge >= 0.3 is 0 Å². The van der Waals surface area contributed by atoms with Gasteiger partial charge in [-0.15, -0.1) is 0 Å². The molecule has 0 spiro atoms. The second-order valence-electron chi connectivity index (χ2n) is 4.56. The van der Waals surface area contributed by atoms with Crippen molar-refractivity contribution in [1.82, 2.24) is 25.1 Å². The Morgan fingerprint density at radius 2 is 2.16 bits per heavy atom. The van der Waals surface area contributed by atoms with Gasteiger partial charge in [0.15, 0.2) is 5.03 Å². The summed E-state index contributed by atoms with van der Waals surface area (Å²) in [6.07, 6.45) is 2.31. The average molecular weight is 289 g/mol. The molecule has 8 heteroatoms. The third-order valence-electron chi connectivity index (χ3n) is 2.59. The van der Waals surface area contributed by atoms with Gasteiger partial charge in [-0.1, -0.05) is 6.92 Å². The first-order valence-corrected chi connectivity index (χ1v) is 7.83. The van der Waals surface area contributed by atoms with Crippen molar-refractivity contribution in [2.24, 2.45) is 0 Å². The summed E-state index contributed by atoms with van der Waals surface area (Å²) >= 11 is 0. The molecule has 0 aromatic carbocycles. The highest BCUT2D eigenvalue weighted by Gasteiger charge is 2.19. The van der Waals surface area contributed by atoms with Crippen molar-refractivity contribution in [3.8, 4) is 0 Å². The lowest BCUT2D eigenvalue weighted by atomic mass is 10.3. The van der Waals surface area contributed by atoms with Gasteiger partial charge in [-0.2, -0.15) is 5.10 Å². The number of aromatic nitrogens is 2. The Kier molecular flexibility index (Phi) is 6.43. The molecular formula is C11H23N5O2S. The molecule has 0 radical (unpaired) electrons. The first-order valence-electron chi connectivity index (χ1n) is 6.34. The Balaban J connectivity index is 2.59. The highest BCUT2D eigenvalue weighted by atomic mass is 32.2. The Morgan fingerprint density at radius 3 is 2.79 bits per heavy atom. The molecule has 0 saturated carbocycles. The highest BCUT2D eigenvalue weighted by Crippen LogP contribution is 2.11. The molecule has 0 fully saturated rings. The van der Waals surface area contributed by atoms with Crippen LogP contribution in [0.1, 0.15) is 18.9 Å². The fourth-order valence-electron chi connectivity index (χ4n) is 1.59. The number of nitrogens with one attached hydrogen (secondary N) is 3. The SMILES string of the molecule is CCNCc1cn[nH]c1S(=O)(=O)NCCCN(C)C. The van der Waals surface area contributed by atoms with Crippen LogP contribution in [-0.2, 0) is 16.6 Å². The van der Waals surface area contributed by atoms with Gasteiger partial charge in [0.25, 0.3) is 10.0 Å². The summed E-state index contributed by atoms with van der Waals surface area (Å²) in [6.45, 7) is 4.49. The summed E-state index contributed by atoms with van der Waals surface area (Å²) in [5, 5.41) is 9.60. The first-order chi connectivity index (χ1) is 8.97. The smallest absolute Gasteiger partial charge is 0.257 e. The Labute approximate surface area is 114 Å². The zero-order valence-corrected chi connectivity index (χ0v) is 12.5. The van der Waals surface area contributed by atoms with Crippen LogP contribution in [0.25, 0.3) is 0 Å². The second kappa shape index (κ2) is 7.59. The van der Waals surface area contributed by atoms with E-state index in [1.165, 1.54) is 6.20 Å². The second-order valence-corrected chi connectivity index (χ2v) is 6.26. The van der Waals surface area contributed by atoms with E-state index in [4.69, 9.17) is 0 Å². The van der Waals surface area contributed by atoms with Crippen LogP contribution in [0, 0.1) is 0 Å². The number of H-pyrrole nitrogens is 1. The molecule has 19 heavy (non-hydrogen) atoms. The summed E-state index contributed by atoms with van der Waals surface area (Å²) < 4.78 is 26.8. The van der Waals surface area contributed by atoms with Crippen LogP contribution >= 0.6 is 0 Å². The lowest BCUT2D eigenvalue weighted by Gasteiger charge is -2.10. The monoisotopic (exact) mass is 289 g/mol. The van der Waals surface area contributed by atoms with Crippen LogP contribution in [0.4, 0.5) is 0 Å². The number of nitrogens with zero attached hydrogens (tertiary/aromatic N) is 2. The quantitative estimate of drug-likeness (QED) is 0.545. The summed E-state index contributed by atoms with van der Waals surface area (Å²) in [4.78, 5) is 2.01. The van der Waals surface area contributed by atoms with E-state index < -0.39 is 10.0 Å². The Bertz CT molecular complexity index is 469. The standard InChI is InChI=1S/C11H23N5O2S/c1-4-12-8-10-9-13-15-11(10)19(17,18)14-6-5-7-16(2)3/h9,12,14H,4-8H2,1-3H3,(H,13,15). The molecule has 0 amide bonds. The number of hydrogen-bond acceptors (Lipinski definition) is 5. The van der Waals surface area contributed by atoms with Gasteiger partial charge in [-0.3, -0.25) is 5.10 Å². The van der Waals surface area contributed by atoms with Gasteiger partial charge in [0.1, 0.15) is 0 Å². The van der Waals surface area contributed by atoms with E-state index >= 15 is 0 Å². The molecule has 1 aromatic rings. The maximum atomic E-state index is 12.1. The third-order valence-corrected chi connectivity index (χ3v) is 4.06. The summed E-state index contributed by atoms with van der Waals surface area (Å²) in [5.41, 5.74) is 0.655. The van der Waals surface area contributed by atoms with Crippen molar-refractivity contribution in [2.75, 3.05) is 33.7 Å². The average Bonchev–Trinajstić information content (AvgIpc) is 2.81. The molecule has 1 rings (SSSR count). The van der Waals surface area contributed by atoms with E-state index in [1.807, 2.05) is 25.9 Å². The maximum absolute atomic E-state index is 12.1. The topological polar surface area (TPSA) is 90.1 Å². The van der Waals surface area contributed by atoms with Crippen LogP contribution in [0.3, 0.4) is 0 Å². The number of hydrogen-bond donors (Lipinski definition) is 3. The molecule has 1 aromatic heterocycles. The molecule has 0 atom stereocenters. The summed E-state index contributed by atoms with van der Waals surface area (Å²) in [6, 6.07) is 0. The molecule has 7 nitrogen and oxygen atoms in total. The van der Waals surface area contributed by atoms with Crippen molar-refractivity contribution in [3.05, 3.63) is 11.8 Å². The van der Waals surface area contributed by atoms with Crippen LogP contribution < -0.4 is 10.0 Å². The van der Waals surface area contributed by atoms with Crippen LogP contribution in [0.15, 0.2) is 11.2 Å². The van der Waals surface area contributed by atoms with Crippen molar-refractivity contribution >= 4 is 10.0 Å². The zero-order chi connectivity index (χ0) is 14.3. The van der Waals surface area contributed by atoms with Gasteiger partial charge in [0.2, 0.25) is 0 Å². The lowest BCUT2D eigenvalue weighted by Crippen LogP contribution is -2.28. The van der Waals surface area contributed by atoms with E-state index in [0.717, 1.165) is 19.5 Å². The van der Waals surface area contributed by atoms with Gasteiger partial charge in [-0.25, -0.2) is 13.1 Å². The highest BCUT2D eigenvalue weighted by molar-refractivity contribution is 7.89. The Hall–Kier alpha value is -0.960. The minimum absolute atomic E-state index is 0.151. The van der Waals surface area contributed by atoms with Crippen molar-refractivity contribution in [3.63, 3.8) is 0 Å². The van der Waals surface area contributed by atoms with Crippen LogP contribution in [0.2, 0.25) is 0 Å². The molecule has 0 aliphatic heterocycles.